The van der Waals surface area contributed by atoms with Crippen molar-refractivity contribution < 1.29 is 4.39 Å². The molecule has 6 heteroatoms. The molecular formula is C13H9Br2FN2S. The molecule has 0 aliphatic rings. The van der Waals surface area contributed by atoms with Gasteiger partial charge in [0.2, 0.25) is 0 Å². The van der Waals surface area contributed by atoms with Crippen molar-refractivity contribution in [2.24, 2.45) is 5.73 Å². The van der Waals surface area contributed by atoms with Crippen LogP contribution in [0.3, 0.4) is 0 Å². The van der Waals surface area contributed by atoms with E-state index in [4.69, 9.17) is 18.0 Å². The van der Waals surface area contributed by atoms with Gasteiger partial charge >= 0.3 is 0 Å². The third-order valence-corrected chi connectivity index (χ3v) is 4.01. The number of para-hydroxylation sites is 1. The van der Waals surface area contributed by atoms with Crippen LogP contribution in [0.5, 0.6) is 0 Å². The van der Waals surface area contributed by atoms with Crippen LogP contribution >= 0.6 is 44.1 Å². The predicted molar refractivity (Wildman–Crippen MR) is 87.4 cm³/mol. The van der Waals surface area contributed by atoms with E-state index >= 15 is 0 Å². The lowest BCUT2D eigenvalue weighted by molar-refractivity contribution is 0.628. The summed E-state index contributed by atoms with van der Waals surface area (Å²) in [5.74, 6) is -0.375. The number of nitrogens with two attached hydrogens (primary N) is 1. The Kier molecular flexibility index (Phi) is 4.54. The first kappa shape index (κ1) is 14.4. The number of nitrogens with one attached hydrogen (secondary N) is 1. The molecule has 2 rings (SSSR count). The van der Waals surface area contributed by atoms with Crippen LogP contribution in [0.15, 0.2) is 45.3 Å². The van der Waals surface area contributed by atoms with E-state index in [9.17, 15) is 4.39 Å². The van der Waals surface area contributed by atoms with E-state index in [2.05, 4.69) is 37.2 Å². The molecule has 0 fully saturated rings. The average molecular weight is 404 g/mol. The zero-order valence-corrected chi connectivity index (χ0v) is 13.6. The second kappa shape index (κ2) is 5.98. The van der Waals surface area contributed by atoms with Gasteiger partial charge in [-0.1, -0.05) is 18.3 Å². The standard InChI is InChI=1S/C13H9Br2FN2S/c14-9-2-1-3-10(15)12(9)18-11-5-4-7(16)6-8(11)13(17)19/h1-6,18H,(H2,17,19). The molecule has 0 spiro atoms. The number of anilines is 2. The second-order valence-corrected chi connectivity index (χ2v) is 5.92. The summed E-state index contributed by atoms with van der Waals surface area (Å²) in [7, 11) is 0. The molecule has 2 nitrogen and oxygen atoms in total. The lowest BCUT2D eigenvalue weighted by Crippen LogP contribution is -2.12. The Morgan fingerprint density at radius 1 is 1.16 bits per heavy atom. The number of hydrogen-bond donors (Lipinski definition) is 2. The van der Waals surface area contributed by atoms with Crippen molar-refractivity contribution >= 4 is 60.4 Å². The molecule has 0 amide bonds. The number of benzene rings is 2. The second-order valence-electron chi connectivity index (χ2n) is 3.78. The fraction of sp³-hybridized carbons (Fsp3) is 0. The summed E-state index contributed by atoms with van der Waals surface area (Å²) in [5.41, 5.74) is 7.56. The SMILES string of the molecule is NC(=S)c1cc(F)ccc1Nc1c(Br)cccc1Br. The first-order chi connectivity index (χ1) is 8.99. The van der Waals surface area contributed by atoms with E-state index in [0.29, 0.717) is 11.3 Å². The average Bonchev–Trinajstić information content (AvgIpc) is 2.35. The zero-order valence-electron chi connectivity index (χ0n) is 9.58. The molecule has 0 unspecified atom stereocenters. The summed E-state index contributed by atoms with van der Waals surface area (Å²) in [6.45, 7) is 0. The Balaban J connectivity index is 2.47. The molecule has 0 radical (unpaired) electrons. The van der Waals surface area contributed by atoms with Crippen molar-refractivity contribution in [1.29, 1.82) is 0 Å². The zero-order chi connectivity index (χ0) is 14.0. The minimum Gasteiger partial charge on any atom is -0.389 e. The van der Waals surface area contributed by atoms with Gasteiger partial charge in [0.25, 0.3) is 0 Å². The smallest absolute Gasteiger partial charge is 0.124 e. The van der Waals surface area contributed by atoms with Gasteiger partial charge in [-0.15, -0.1) is 0 Å². The summed E-state index contributed by atoms with van der Waals surface area (Å²) >= 11 is 11.8. The maximum Gasteiger partial charge on any atom is 0.124 e. The highest BCUT2D eigenvalue weighted by molar-refractivity contribution is 9.11. The topological polar surface area (TPSA) is 38.0 Å². The minimum atomic E-state index is -0.375. The van der Waals surface area contributed by atoms with Crippen LogP contribution in [0.1, 0.15) is 5.56 Å². The van der Waals surface area contributed by atoms with Crippen molar-refractivity contribution in [2.75, 3.05) is 5.32 Å². The van der Waals surface area contributed by atoms with E-state index in [1.54, 1.807) is 6.07 Å². The molecule has 19 heavy (non-hydrogen) atoms. The molecule has 0 heterocycles. The van der Waals surface area contributed by atoms with Crippen molar-refractivity contribution in [2.45, 2.75) is 0 Å². The van der Waals surface area contributed by atoms with Crippen LogP contribution in [0.2, 0.25) is 0 Å². The fourth-order valence-corrected chi connectivity index (χ4v) is 2.95. The van der Waals surface area contributed by atoms with Crippen LogP contribution in [0, 0.1) is 5.82 Å². The number of thiocarbonyl (C=S) groups is 1. The van der Waals surface area contributed by atoms with E-state index in [0.717, 1.165) is 14.6 Å². The molecule has 98 valence electrons. The van der Waals surface area contributed by atoms with Gasteiger partial charge in [0.1, 0.15) is 10.8 Å². The third-order valence-electron chi connectivity index (χ3n) is 2.47. The molecule has 0 aliphatic carbocycles. The van der Waals surface area contributed by atoms with Crippen LogP contribution in [-0.4, -0.2) is 4.99 Å². The van der Waals surface area contributed by atoms with Crippen molar-refractivity contribution in [3.63, 3.8) is 0 Å². The molecule has 0 bridgehead atoms. The largest absolute Gasteiger partial charge is 0.389 e. The van der Waals surface area contributed by atoms with E-state index < -0.39 is 0 Å². The molecule has 3 N–H and O–H groups in total. The van der Waals surface area contributed by atoms with Gasteiger partial charge in [0, 0.05) is 20.2 Å². The van der Waals surface area contributed by atoms with Crippen LogP contribution < -0.4 is 11.1 Å². The lowest BCUT2D eigenvalue weighted by atomic mass is 10.1. The van der Waals surface area contributed by atoms with Gasteiger partial charge in [-0.25, -0.2) is 4.39 Å². The highest BCUT2D eigenvalue weighted by Gasteiger charge is 2.10. The quantitative estimate of drug-likeness (QED) is 0.727. The molecule has 0 aromatic heterocycles. The summed E-state index contributed by atoms with van der Waals surface area (Å²) < 4.78 is 15.0. The number of hydrogen-bond acceptors (Lipinski definition) is 2. The number of halogens is 3. The number of rotatable bonds is 3. The Hall–Kier alpha value is -0.980. The fourth-order valence-electron chi connectivity index (χ4n) is 1.58. The Labute approximate surface area is 132 Å². The van der Waals surface area contributed by atoms with Crippen LogP contribution in [0.25, 0.3) is 0 Å². The van der Waals surface area contributed by atoms with Crippen LogP contribution in [-0.2, 0) is 0 Å². The Morgan fingerprint density at radius 2 is 1.79 bits per heavy atom. The Bertz CT molecular complexity index is 626. The van der Waals surface area contributed by atoms with Gasteiger partial charge in [-0.05, 0) is 62.2 Å². The van der Waals surface area contributed by atoms with Gasteiger partial charge in [0.15, 0.2) is 0 Å². The van der Waals surface area contributed by atoms with Crippen molar-refractivity contribution in [3.05, 3.63) is 56.7 Å². The van der Waals surface area contributed by atoms with Gasteiger partial charge in [0.05, 0.1) is 5.69 Å². The molecule has 0 aliphatic heterocycles. The summed E-state index contributed by atoms with van der Waals surface area (Å²) in [6.07, 6.45) is 0. The summed E-state index contributed by atoms with van der Waals surface area (Å²) in [5, 5.41) is 3.19. The summed E-state index contributed by atoms with van der Waals surface area (Å²) in [4.78, 5) is 0.144. The molecule has 0 saturated carbocycles. The molecular weight excluding hydrogens is 395 g/mol. The molecule has 0 saturated heterocycles. The minimum absolute atomic E-state index is 0.144. The monoisotopic (exact) mass is 402 g/mol. The maximum absolute atomic E-state index is 13.2. The van der Waals surface area contributed by atoms with Crippen molar-refractivity contribution in [1.82, 2.24) is 0 Å². The highest BCUT2D eigenvalue weighted by Crippen LogP contribution is 2.34. The van der Waals surface area contributed by atoms with Gasteiger partial charge in [-0.3, -0.25) is 0 Å². The third kappa shape index (κ3) is 3.32. The van der Waals surface area contributed by atoms with E-state index in [-0.39, 0.29) is 10.8 Å². The van der Waals surface area contributed by atoms with E-state index in [1.807, 2.05) is 18.2 Å². The first-order valence-corrected chi connectivity index (χ1v) is 7.29. The molecule has 0 atom stereocenters. The molecule has 2 aromatic carbocycles. The first-order valence-electron chi connectivity index (χ1n) is 5.29. The highest BCUT2D eigenvalue weighted by atomic mass is 79.9. The lowest BCUT2D eigenvalue weighted by Gasteiger charge is -2.14. The Morgan fingerprint density at radius 3 is 2.37 bits per heavy atom. The van der Waals surface area contributed by atoms with Crippen LogP contribution in [0.4, 0.5) is 15.8 Å². The normalized spacial score (nSPS) is 10.3. The van der Waals surface area contributed by atoms with Crippen molar-refractivity contribution in [3.8, 4) is 0 Å². The predicted octanol–water partition coefficient (Wildman–Crippen LogP) is 4.73. The van der Waals surface area contributed by atoms with E-state index in [1.165, 1.54) is 12.1 Å². The van der Waals surface area contributed by atoms with Gasteiger partial charge in [-0.2, -0.15) is 0 Å². The van der Waals surface area contributed by atoms with Gasteiger partial charge < -0.3 is 11.1 Å². The molecule has 2 aromatic rings. The maximum atomic E-state index is 13.2. The summed E-state index contributed by atoms with van der Waals surface area (Å²) in [6, 6.07) is 9.98.